The van der Waals surface area contributed by atoms with Crippen molar-refractivity contribution in [1.82, 2.24) is 51.3 Å². The number of nitrogens with zero attached hydrogens (tertiary/aromatic N) is 5. The van der Waals surface area contributed by atoms with Crippen LogP contribution < -0.4 is 37.6 Å². The van der Waals surface area contributed by atoms with Gasteiger partial charge in [-0.1, -0.05) is 123 Å². The number of hydrogen-bond donors (Lipinski definition) is 8. The quantitative estimate of drug-likeness (QED) is 0.0148. The highest BCUT2D eigenvalue weighted by Crippen LogP contribution is 2.32. The number of aliphatic hydroxyl groups is 1. The number of carbonyl (C=O) groups is 10. The van der Waals surface area contributed by atoms with Gasteiger partial charge in [0.25, 0.3) is 11.8 Å². The van der Waals surface area contributed by atoms with Crippen LogP contribution in [0.15, 0.2) is 90.4 Å². The van der Waals surface area contributed by atoms with Gasteiger partial charge in [0, 0.05) is 58.5 Å². The summed E-state index contributed by atoms with van der Waals surface area (Å²) in [7, 11) is 6.16. The Morgan fingerprint density at radius 1 is 0.676 bits per heavy atom. The van der Waals surface area contributed by atoms with Gasteiger partial charge in [0.05, 0.1) is 113 Å². The number of benzene rings is 3. The Bertz CT molecular complexity index is 3540. The Morgan fingerprint density at radius 3 is 1.84 bits per heavy atom. The largest absolute Gasteiger partial charge is 0.445 e. The topological polar surface area (TPSA) is 389 Å². The molecule has 10 amide bonds. The normalized spacial score (nSPS) is 16.5. The molecule has 3 aromatic carbocycles. The van der Waals surface area contributed by atoms with Crippen molar-refractivity contribution >= 4 is 76.3 Å². The van der Waals surface area contributed by atoms with Crippen LogP contribution in [0.1, 0.15) is 150 Å². The molecule has 1 saturated heterocycles. The number of anilines is 1. The number of hydroxylamine groups is 2. The maximum absolute atomic E-state index is 14.9. The number of methoxy groups -OCH3 is 2. The third kappa shape index (κ3) is 28.0. The average molecular weight is 1570 g/mol. The molecule has 12 atom stereocenters. The number of imide groups is 1. The summed E-state index contributed by atoms with van der Waals surface area (Å²) in [5.74, 6) is -6.18. The molecule has 0 saturated carbocycles. The highest BCUT2D eigenvalue weighted by atomic mass is 32.1. The van der Waals surface area contributed by atoms with Crippen LogP contribution >= 0.6 is 11.3 Å². The lowest BCUT2D eigenvalue weighted by molar-refractivity contribution is -0.148. The SMILES string of the molecule is CC[C@H](C)[C@@H]([C@@H](CC(=O)N1CCC[C@H]1[C@H](OC)[C@@H](C)C(=O)NC(Cc1ccccc1)c1nccs1)OC)N(C)C(=O)[C@@H](NC(=O)[C@H](C(C)C)N(C)C(=O)OCc1ccc(NC(=O)[C@H](CCCNC(N)O)NC(=O)[C@@H](NC(=O)CCOCCOCCOCCOCCON2C(=O)c3ccccc3C2=O)C(C)C)cc1)C(C)C. The number of ether oxygens (including phenoxy) is 7. The molecule has 2 aliphatic heterocycles. The molecule has 2 unspecified atom stereocenters. The predicted molar refractivity (Wildman–Crippen MR) is 415 cm³/mol. The molecule has 0 aliphatic carbocycles. The van der Waals surface area contributed by atoms with Gasteiger partial charge in [-0.25, -0.2) is 9.78 Å². The summed E-state index contributed by atoms with van der Waals surface area (Å²) in [5.41, 5.74) is 7.98. The Labute approximate surface area is 656 Å². The lowest BCUT2D eigenvalue weighted by atomic mass is 9.89. The van der Waals surface area contributed by atoms with E-state index in [-0.39, 0.29) is 122 Å². The standard InChI is InChI=1S/C79H118N12O19S/c1-14-52(8)68(62(103-12)47-64(93)90-35-21-27-61(90)69(104-13)53(9)70(94)85-60(74-81-34-45-111-74)46-54-22-16-15-17-23-54)88(10)77(100)66(50(4)5)87-73(97)67(51(6)7)89(11)79(102)109-48-55-28-30-56(31-29-55)83-71(95)59(26-20-33-82-78(80)101)84-72(96)65(49(2)3)86-63(92)32-36-105-37-38-106-39-40-107-41-42-108-43-44-110-91-75(98)57-24-18-19-25-58(57)76(91)99/h15-19,22-25,28-31,34,45,49-53,59-62,65-69,78,82,101H,14,20-21,26-27,32-33,35-44,46-48,80H2,1-13H3,(H,83,95)(H,84,96)(H,85,94)(H,86,92)(H,87,97)/t52-,53+,59-,60?,61-,62+,65-,66-,67-,68-,69+,78?/m0/s1. The van der Waals surface area contributed by atoms with E-state index in [9.17, 15) is 53.1 Å². The molecule has 1 fully saturated rings. The summed E-state index contributed by atoms with van der Waals surface area (Å²) in [6.07, 6.45) is 0.932. The number of aromatic nitrogens is 1. The van der Waals surface area contributed by atoms with Crippen LogP contribution in [0, 0.1) is 29.6 Å². The van der Waals surface area contributed by atoms with Crippen molar-refractivity contribution in [2.45, 2.75) is 181 Å². The second kappa shape index (κ2) is 47.2. The summed E-state index contributed by atoms with van der Waals surface area (Å²) in [5, 5.41) is 30.2. The van der Waals surface area contributed by atoms with Gasteiger partial charge in [-0.3, -0.25) is 63.9 Å². The monoisotopic (exact) mass is 1570 g/mol. The number of likely N-dealkylation sites (N-methyl/N-ethyl adjacent to an activating group) is 2. The Hall–Kier alpha value is -8.41. The number of nitrogens with two attached hydrogens (primary N) is 1. The number of carbonyl (C=O) groups excluding carboxylic acids is 10. The smallest absolute Gasteiger partial charge is 0.410 e. The molecule has 31 nitrogen and oxygen atoms in total. The molecule has 1 aromatic heterocycles. The Morgan fingerprint density at radius 2 is 1.28 bits per heavy atom. The first-order valence-corrected chi connectivity index (χ1v) is 39.1. The zero-order valence-electron chi connectivity index (χ0n) is 66.5. The fraction of sp³-hybridized carbons (Fsp3) is 0.608. The summed E-state index contributed by atoms with van der Waals surface area (Å²) in [6, 6.07) is 17.1. The number of hydrogen-bond acceptors (Lipinski definition) is 23. The molecule has 0 spiro atoms. The molecule has 2 aliphatic rings. The van der Waals surface area contributed by atoms with Crippen LogP contribution in [0.3, 0.4) is 0 Å². The van der Waals surface area contributed by atoms with Crippen molar-refractivity contribution in [3.05, 3.63) is 118 Å². The molecule has 614 valence electrons. The molecule has 0 bridgehead atoms. The molecular formula is C79H118N12O19S. The molecular weight excluding hydrogens is 1450 g/mol. The first-order valence-electron chi connectivity index (χ1n) is 38.3. The van der Waals surface area contributed by atoms with Crippen molar-refractivity contribution in [2.75, 3.05) is 106 Å². The summed E-state index contributed by atoms with van der Waals surface area (Å²) in [6.45, 7) is 18.6. The minimum atomic E-state index is -1.31. The van der Waals surface area contributed by atoms with Crippen LogP contribution in [0.2, 0.25) is 0 Å². The number of rotatable bonds is 50. The third-order valence-corrected chi connectivity index (χ3v) is 20.6. The number of thiazole rings is 1. The Kier molecular flexibility index (Phi) is 38.9. The third-order valence-electron chi connectivity index (χ3n) is 19.7. The number of likely N-dealkylation sites (tertiary alicyclic amines) is 1. The highest BCUT2D eigenvalue weighted by molar-refractivity contribution is 7.09. The van der Waals surface area contributed by atoms with E-state index in [0.29, 0.717) is 61.0 Å². The van der Waals surface area contributed by atoms with Crippen LogP contribution in [0.4, 0.5) is 10.5 Å². The van der Waals surface area contributed by atoms with E-state index in [2.05, 4.69) is 36.9 Å². The first-order chi connectivity index (χ1) is 53.1. The second-order valence-corrected chi connectivity index (χ2v) is 29.8. The van der Waals surface area contributed by atoms with Gasteiger partial charge >= 0.3 is 6.09 Å². The molecule has 6 rings (SSSR count). The molecule has 4 aromatic rings. The van der Waals surface area contributed by atoms with E-state index >= 15 is 0 Å². The zero-order chi connectivity index (χ0) is 81.3. The van der Waals surface area contributed by atoms with E-state index in [0.717, 1.165) is 15.6 Å². The van der Waals surface area contributed by atoms with Crippen molar-refractivity contribution < 1.29 is 91.0 Å². The van der Waals surface area contributed by atoms with Crippen molar-refractivity contribution in [3.63, 3.8) is 0 Å². The number of aliphatic hydroxyl groups excluding tert-OH is 1. The fourth-order valence-corrected chi connectivity index (χ4v) is 14.2. The van der Waals surface area contributed by atoms with Crippen LogP contribution in [-0.4, -0.2) is 245 Å². The van der Waals surface area contributed by atoms with Crippen molar-refractivity contribution in [1.29, 1.82) is 0 Å². The van der Waals surface area contributed by atoms with Crippen LogP contribution in [-0.2, 0) is 84.6 Å². The molecule has 0 radical (unpaired) electrons. The lowest BCUT2D eigenvalue weighted by Crippen LogP contribution is -2.60. The minimum Gasteiger partial charge on any atom is -0.445 e. The van der Waals surface area contributed by atoms with E-state index in [1.165, 1.54) is 30.4 Å². The van der Waals surface area contributed by atoms with Gasteiger partial charge in [-0.15, -0.1) is 16.4 Å². The van der Waals surface area contributed by atoms with Gasteiger partial charge < -0.3 is 74.6 Å². The van der Waals surface area contributed by atoms with Crippen LogP contribution in [0.25, 0.3) is 0 Å². The van der Waals surface area contributed by atoms with Gasteiger partial charge in [-0.05, 0) is 97.7 Å². The van der Waals surface area contributed by atoms with Gasteiger partial charge in [-0.2, -0.15) is 0 Å². The summed E-state index contributed by atoms with van der Waals surface area (Å²) in [4.78, 5) is 152. The van der Waals surface area contributed by atoms with Crippen molar-refractivity contribution in [2.24, 2.45) is 35.3 Å². The molecule has 9 N–H and O–H groups in total. The number of nitrogens with one attached hydrogen (secondary N) is 6. The Balaban J connectivity index is 0.947. The molecule has 111 heavy (non-hydrogen) atoms. The van der Waals surface area contributed by atoms with E-state index in [1.54, 1.807) is 106 Å². The predicted octanol–water partition coefficient (Wildman–Crippen LogP) is 5.75. The molecule has 32 heteroatoms. The highest BCUT2D eigenvalue weighted by Gasteiger charge is 2.45. The lowest BCUT2D eigenvalue weighted by Gasteiger charge is -2.41. The second-order valence-electron chi connectivity index (χ2n) is 28.9. The molecule has 3 heterocycles. The summed E-state index contributed by atoms with van der Waals surface area (Å²) >= 11 is 1.47. The zero-order valence-corrected chi connectivity index (χ0v) is 67.3. The van der Waals surface area contributed by atoms with E-state index < -0.39 is 120 Å². The fourth-order valence-electron chi connectivity index (χ4n) is 13.5. The van der Waals surface area contributed by atoms with Crippen LogP contribution in [0.5, 0.6) is 0 Å². The van der Waals surface area contributed by atoms with Gasteiger partial charge in [0.2, 0.25) is 41.4 Å². The van der Waals surface area contributed by atoms with Crippen molar-refractivity contribution in [3.8, 4) is 0 Å². The van der Waals surface area contributed by atoms with E-state index in [4.69, 9.17) is 43.7 Å². The first kappa shape index (κ1) is 91.5. The van der Waals surface area contributed by atoms with Gasteiger partial charge in [0.15, 0.2) is 6.35 Å². The summed E-state index contributed by atoms with van der Waals surface area (Å²) < 4.78 is 40.1. The average Bonchev–Trinajstić information content (AvgIpc) is 1.66. The van der Waals surface area contributed by atoms with E-state index in [1.807, 2.05) is 70.3 Å². The maximum atomic E-state index is 14.9. The van der Waals surface area contributed by atoms with Gasteiger partial charge in [0.1, 0.15) is 35.8 Å². The number of amides is 10. The minimum absolute atomic E-state index is 0.00418. The maximum Gasteiger partial charge on any atom is 0.410 e. The number of fused-ring (bicyclic) bond motifs is 1.